The first-order chi connectivity index (χ1) is 12.7. The smallest absolute Gasteiger partial charge is 0.483 e. The molecule has 1 aliphatic carbocycles. The molecule has 1 saturated heterocycles. The van der Waals surface area contributed by atoms with Gasteiger partial charge in [-0.25, -0.2) is 13.8 Å². The van der Waals surface area contributed by atoms with Gasteiger partial charge in [-0.2, -0.15) is 13.2 Å². The molecule has 28 heavy (non-hydrogen) atoms. The van der Waals surface area contributed by atoms with Gasteiger partial charge in [0.05, 0.1) is 4.90 Å². The molecule has 0 radical (unpaired) electrons. The van der Waals surface area contributed by atoms with E-state index in [2.05, 4.69) is 0 Å². The first-order valence-corrected chi connectivity index (χ1v) is 10.4. The van der Waals surface area contributed by atoms with Gasteiger partial charge in [0.1, 0.15) is 17.5 Å². The highest BCUT2D eigenvalue weighted by molar-refractivity contribution is 7.93. The van der Waals surface area contributed by atoms with Crippen molar-refractivity contribution >= 4 is 15.8 Å². The van der Waals surface area contributed by atoms with Gasteiger partial charge >= 0.3 is 11.6 Å². The molecule has 3 rings (SSSR count). The average molecular weight is 420 g/mol. The molecule has 1 spiro atoms. The Hall–Kier alpha value is -1.97. The summed E-state index contributed by atoms with van der Waals surface area (Å²) in [6.45, 7) is 6.54. The van der Waals surface area contributed by atoms with E-state index in [1.54, 1.807) is 25.7 Å². The largest absolute Gasteiger partial charge is 0.490 e. The Morgan fingerprint density at radius 3 is 2.39 bits per heavy atom. The molecule has 1 atom stereocenters. The van der Waals surface area contributed by atoms with Crippen LogP contribution in [0.4, 0.5) is 18.0 Å². The molecule has 1 aromatic rings. The first-order valence-electron chi connectivity index (χ1n) is 8.81. The summed E-state index contributed by atoms with van der Waals surface area (Å²) in [4.78, 5) is 13.0. The van der Waals surface area contributed by atoms with Crippen LogP contribution in [0.25, 0.3) is 0 Å². The molecule has 1 heterocycles. The van der Waals surface area contributed by atoms with E-state index in [4.69, 9.17) is 14.3 Å². The number of likely N-dealkylation sites (tertiary alicyclic amines) is 1. The van der Waals surface area contributed by atoms with Gasteiger partial charge in [0, 0.05) is 18.5 Å². The molecule has 10 heteroatoms. The van der Waals surface area contributed by atoms with Crippen molar-refractivity contribution in [1.82, 2.24) is 4.90 Å². The summed E-state index contributed by atoms with van der Waals surface area (Å²) in [5.41, 5.74) is -5.72. The molecule has 1 aliphatic heterocycles. The van der Waals surface area contributed by atoms with Crippen molar-refractivity contribution in [2.75, 3.05) is 13.1 Å². The summed E-state index contributed by atoms with van der Waals surface area (Å²) in [6.07, 6.45) is 0.800. The number of amides is 1. The molecule has 1 unspecified atom stereocenters. The molecular formula is C18H23F3N2O4S. The van der Waals surface area contributed by atoms with Crippen molar-refractivity contribution in [2.45, 2.75) is 55.7 Å². The van der Waals surface area contributed by atoms with E-state index in [9.17, 15) is 22.2 Å². The molecule has 156 valence electrons. The maximum absolute atomic E-state index is 12.8. The summed E-state index contributed by atoms with van der Waals surface area (Å²) >= 11 is 0. The minimum absolute atomic E-state index is 0.0336. The number of benzene rings is 1. The summed E-state index contributed by atoms with van der Waals surface area (Å²) in [5, 5.41) is 0. The van der Waals surface area contributed by atoms with Crippen LogP contribution in [0.1, 0.15) is 33.6 Å². The SMILES string of the molecule is CC(C)(C)OC(=O)N1CC2(CC(Oc3cccc(S(=N)(=O)C(F)(F)F)c3)C2)C1. The zero-order valence-corrected chi connectivity index (χ0v) is 16.7. The Morgan fingerprint density at radius 1 is 1.25 bits per heavy atom. The van der Waals surface area contributed by atoms with E-state index in [0.717, 1.165) is 12.1 Å². The van der Waals surface area contributed by atoms with Gasteiger partial charge in [-0.15, -0.1) is 0 Å². The highest BCUT2D eigenvalue weighted by Crippen LogP contribution is 2.50. The third-order valence-electron chi connectivity index (χ3n) is 4.79. The fourth-order valence-corrected chi connectivity index (χ4v) is 4.34. The van der Waals surface area contributed by atoms with Crippen molar-refractivity contribution in [3.63, 3.8) is 0 Å². The Labute approximate surface area is 162 Å². The second kappa shape index (κ2) is 6.53. The first kappa shape index (κ1) is 20.8. The van der Waals surface area contributed by atoms with Crippen molar-refractivity contribution in [1.29, 1.82) is 4.78 Å². The normalized spacial score (nSPS) is 21.4. The highest BCUT2D eigenvalue weighted by Gasteiger charge is 2.55. The van der Waals surface area contributed by atoms with Gasteiger partial charge in [0.2, 0.25) is 0 Å². The third-order valence-corrected chi connectivity index (χ3v) is 6.36. The summed E-state index contributed by atoms with van der Waals surface area (Å²) in [7, 11) is -4.91. The molecule has 1 amide bonds. The lowest BCUT2D eigenvalue weighted by molar-refractivity contribution is -0.116. The quantitative estimate of drug-likeness (QED) is 0.787. The fraction of sp³-hybridized carbons (Fsp3) is 0.611. The second-order valence-electron chi connectivity index (χ2n) is 8.46. The average Bonchev–Trinajstić information content (AvgIpc) is 2.45. The molecule has 1 aromatic carbocycles. The summed E-state index contributed by atoms with van der Waals surface area (Å²) in [6, 6.07) is 4.81. The van der Waals surface area contributed by atoms with E-state index < -0.39 is 25.7 Å². The summed E-state index contributed by atoms with van der Waals surface area (Å²) in [5.74, 6) is 0.157. The van der Waals surface area contributed by atoms with Crippen LogP contribution in [-0.2, 0) is 14.5 Å². The Kier molecular flexibility index (Phi) is 4.84. The molecule has 1 saturated carbocycles. The van der Waals surface area contributed by atoms with Gasteiger partial charge in [0.25, 0.3) is 0 Å². The van der Waals surface area contributed by atoms with E-state index in [1.807, 2.05) is 0 Å². The second-order valence-corrected chi connectivity index (χ2v) is 10.5. The van der Waals surface area contributed by atoms with Gasteiger partial charge in [-0.3, -0.25) is 0 Å². The lowest BCUT2D eigenvalue weighted by atomic mass is 9.62. The van der Waals surface area contributed by atoms with Gasteiger partial charge in [0.15, 0.2) is 9.73 Å². The number of alkyl halides is 3. The third kappa shape index (κ3) is 4.06. The Balaban J connectivity index is 1.54. The fourth-order valence-electron chi connectivity index (χ4n) is 3.52. The van der Waals surface area contributed by atoms with E-state index in [1.165, 1.54) is 12.1 Å². The predicted octanol–water partition coefficient (Wildman–Crippen LogP) is 4.39. The van der Waals surface area contributed by atoms with Gasteiger partial charge in [-0.05, 0) is 51.8 Å². The van der Waals surface area contributed by atoms with E-state index in [-0.39, 0.29) is 23.4 Å². The molecule has 2 aliphatic rings. The maximum atomic E-state index is 12.8. The molecule has 2 fully saturated rings. The highest BCUT2D eigenvalue weighted by atomic mass is 32.2. The number of carbonyl (C=O) groups excluding carboxylic acids is 1. The van der Waals surface area contributed by atoms with Crippen LogP contribution in [0.3, 0.4) is 0 Å². The number of ether oxygens (including phenoxy) is 2. The van der Waals surface area contributed by atoms with Crippen LogP contribution >= 0.6 is 0 Å². The Bertz CT molecular complexity index is 864. The number of rotatable bonds is 3. The number of nitrogens with one attached hydrogen (secondary N) is 1. The molecule has 1 N–H and O–H groups in total. The predicted molar refractivity (Wildman–Crippen MR) is 95.5 cm³/mol. The Morgan fingerprint density at radius 2 is 1.86 bits per heavy atom. The number of nitrogens with zero attached hydrogens (tertiary/aromatic N) is 1. The van der Waals surface area contributed by atoms with Crippen LogP contribution in [0.2, 0.25) is 0 Å². The van der Waals surface area contributed by atoms with Gasteiger partial charge < -0.3 is 14.4 Å². The number of hydrogen-bond acceptors (Lipinski definition) is 5. The van der Waals surface area contributed by atoms with Gasteiger partial charge in [-0.1, -0.05) is 6.07 Å². The number of halogens is 3. The number of carbonyl (C=O) groups is 1. The minimum atomic E-state index is -5.14. The van der Waals surface area contributed by atoms with Crippen LogP contribution in [0.15, 0.2) is 29.2 Å². The van der Waals surface area contributed by atoms with Crippen LogP contribution in [0, 0.1) is 10.2 Å². The van der Waals surface area contributed by atoms with E-state index >= 15 is 0 Å². The lowest BCUT2D eigenvalue weighted by Gasteiger charge is -2.58. The van der Waals surface area contributed by atoms with Crippen LogP contribution in [0.5, 0.6) is 5.75 Å². The maximum Gasteiger partial charge on any atom is 0.483 e. The zero-order chi connectivity index (χ0) is 21.0. The monoisotopic (exact) mass is 420 g/mol. The van der Waals surface area contributed by atoms with Crippen molar-refractivity contribution in [3.05, 3.63) is 24.3 Å². The summed E-state index contributed by atoms with van der Waals surface area (Å²) < 4.78 is 68.3. The van der Waals surface area contributed by atoms with Crippen molar-refractivity contribution < 1.29 is 31.6 Å². The van der Waals surface area contributed by atoms with E-state index in [0.29, 0.717) is 25.9 Å². The molecular weight excluding hydrogens is 397 g/mol. The zero-order valence-electron chi connectivity index (χ0n) is 15.8. The number of hydrogen-bond donors (Lipinski definition) is 1. The van der Waals surface area contributed by atoms with Crippen molar-refractivity contribution in [2.24, 2.45) is 5.41 Å². The topological polar surface area (TPSA) is 79.7 Å². The molecule has 0 bridgehead atoms. The standard InChI is InChI=1S/C18H23F3N2O4S/c1-16(2,3)27-15(24)23-10-17(11-23)8-13(9-17)26-12-5-4-6-14(7-12)28(22,25)18(19,20)21/h4-7,13,22H,8-11H2,1-3H3. The minimum Gasteiger partial charge on any atom is -0.490 e. The molecule has 0 aromatic heterocycles. The van der Waals surface area contributed by atoms with Crippen LogP contribution < -0.4 is 4.74 Å². The lowest BCUT2D eigenvalue weighted by Crippen LogP contribution is -2.66. The van der Waals surface area contributed by atoms with Crippen molar-refractivity contribution in [3.8, 4) is 5.75 Å². The molecule has 6 nitrogen and oxygen atoms in total. The van der Waals surface area contributed by atoms with Crippen LogP contribution in [-0.4, -0.2) is 45.5 Å².